The zero-order chi connectivity index (χ0) is 18.4. The zero-order valence-corrected chi connectivity index (χ0v) is 15.9. The Hall–Kier alpha value is -2.14. The minimum atomic E-state index is -0.115. The Morgan fingerprint density at radius 1 is 1.20 bits per heavy atom. The Kier molecular flexibility index (Phi) is 6.76. The maximum Gasteiger partial charge on any atom is 0.256 e. The van der Waals surface area contributed by atoms with Crippen molar-refractivity contribution in [2.24, 2.45) is 0 Å². The average Bonchev–Trinajstić information content (AvgIpc) is 3.01. The van der Waals surface area contributed by atoms with Crippen molar-refractivity contribution < 1.29 is 9.32 Å². The first-order chi connectivity index (χ1) is 12.0. The van der Waals surface area contributed by atoms with E-state index in [1.807, 2.05) is 39.0 Å². The summed E-state index contributed by atoms with van der Waals surface area (Å²) >= 11 is 0. The minimum Gasteiger partial charge on any atom is -0.360 e. The van der Waals surface area contributed by atoms with Gasteiger partial charge in [-0.1, -0.05) is 63.2 Å². The molecule has 136 valence electrons. The molecule has 0 aliphatic heterocycles. The van der Waals surface area contributed by atoms with Crippen LogP contribution in [-0.4, -0.2) is 35.6 Å². The van der Waals surface area contributed by atoms with Crippen molar-refractivity contribution in [3.05, 3.63) is 52.9 Å². The van der Waals surface area contributed by atoms with Gasteiger partial charge in [0.15, 0.2) is 5.76 Å². The fraction of sp³-hybridized carbons (Fsp3) is 0.500. The van der Waals surface area contributed by atoms with Crippen LogP contribution >= 0.6 is 0 Å². The molecule has 0 bridgehead atoms. The van der Waals surface area contributed by atoms with Crippen molar-refractivity contribution in [1.82, 2.24) is 15.4 Å². The largest absolute Gasteiger partial charge is 0.360 e. The molecule has 0 spiro atoms. The van der Waals surface area contributed by atoms with E-state index in [2.05, 4.69) is 41.4 Å². The Labute approximate surface area is 150 Å². The number of aromatic nitrogens is 1. The molecule has 0 saturated heterocycles. The molecule has 5 heteroatoms. The van der Waals surface area contributed by atoms with Gasteiger partial charge < -0.3 is 9.84 Å². The van der Waals surface area contributed by atoms with E-state index >= 15 is 0 Å². The number of nitrogens with zero attached hydrogens (tertiary/aromatic N) is 2. The molecule has 1 amide bonds. The van der Waals surface area contributed by atoms with E-state index in [4.69, 9.17) is 4.52 Å². The van der Waals surface area contributed by atoms with Crippen LogP contribution < -0.4 is 5.32 Å². The number of benzene rings is 1. The Bertz CT molecular complexity index is 676. The van der Waals surface area contributed by atoms with Crippen LogP contribution in [0.2, 0.25) is 0 Å². The summed E-state index contributed by atoms with van der Waals surface area (Å²) in [4.78, 5) is 15.1. The number of carbonyl (C=O) groups excluding carboxylic acids is 1. The van der Waals surface area contributed by atoms with Crippen LogP contribution in [0.3, 0.4) is 0 Å². The van der Waals surface area contributed by atoms with Crippen molar-refractivity contribution in [1.29, 1.82) is 0 Å². The molecule has 1 heterocycles. The smallest absolute Gasteiger partial charge is 0.256 e. The second kappa shape index (κ2) is 8.81. The van der Waals surface area contributed by atoms with Crippen LogP contribution in [0, 0.1) is 6.92 Å². The van der Waals surface area contributed by atoms with Gasteiger partial charge in [-0.25, -0.2) is 0 Å². The summed E-state index contributed by atoms with van der Waals surface area (Å²) in [6.07, 6.45) is 0. The van der Waals surface area contributed by atoms with Crippen molar-refractivity contribution in [3.8, 4) is 0 Å². The standard InChI is InChI=1S/C20H29N3O2/c1-6-23(7-2)17(16-11-9-8-10-12-16)13-21-20(24)18-15(5)22-25-19(18)14(3)4/h8-12,14,17H,6-7,13H2,1-5H3,(H,21,24). The first-order valence-electron chi connectivity index (χ1n) is 9.02. The number of rotatable bonds is 8. The van der Waals surface area contributed by atoms with E-state index in [0.717, 1.165) is 13.1 Å². The summed E-state index contributed by atoms with van der Waals surface area (Å²) < 4.78 is 5.34. The predicted molar refractivity (Wildman–Crippen MR) is 99.8 cm³/mol. The van der Waals surface area contributed by atoms with Crippen LogP contribution in [0.4, 0.5) is 0 Å². The molecule has 2 rings (SSSR count). The number of hydrogen-bond donors (Lipinski definition) is 1. The lowest BCUT2D eigenvalue weighted by Crippen LogP contribution is -2.38. The Morgan fingerprint density at radius 2 is 1.84 bits per heavy atom. The lowest BCUT2D eigenvalue weighted by Gasteiger charge is -2.30. The van der Waals surface area contributed by atoms with Crippen LogP contribution in [0.15, 0.2) is 34.9 Å². The summed E-state index contributed by atoms with van der Waals surface area (Å²) in [6, 6.07) is 10.4. The van der Waals surface area contributed by atoms with Crippen LogP contribution in [-0.2, 0) is 0 Å². The highest BCUT2D eigenvalue weighted by molar-refractivity contribution is 5.96. The van der Waals surface area contributed by atoms with Gasteiger partial charge in [0.1, 0.15) is 5.56 Å². The van der Waals surface area contributed by atoms with Crippen molar-refractivity contribution in [3.63, 3.8) is 0 Å². The van der Waals surface area contributed by atoms with Crippen LogP contribution in [0.1, 0.15) is 67.0 Å². The SMILES string of the molecule is CCN(CC)C(CNC(=O)c1c(C)noc1C(C)C)c1ccccc1. The predicted octanol–water partition coefficient (Wildman–Crippen LogP) is 3.92. The van der Waals surface area contributed by atoms with E-state index in [-0.39, 0.29) is 17.9 Å². The molecule has 0 aliphatic carbocycles. The van der Waals surface area contributed by atoms with E-state index in [0.29, 0.717) is 23.6 Å². The highest BCUT2D eigenvalue weighted by Gasteiger charge is 2.24. The molecule has 1 N–H and O–H groups in total. The third-order valence-electron chi connectivity index (χ3n) is 4.53. The maximum atomic E-state index is 12.8. The van der Waals surface area contributed by atoms with Crippen molar-refractivity contribution >= 4 is 5.91 Å². The van der Waals surface area contributed by atoms with Gasteiger partial charge in [0.2, 0.25) is 0 Å². The van der Waals surface area contributed by atoms with Gasteiger partial charge in [-0.15, -0.1) is 0 Å². The summed E-state index contributed by atoms with van der Waals surface area (Å²) in [5.74, 6) is 0.652. The molecule has 25 heavy (non-hydrogen) atoms. The fourth-order valence-electron chi connectivity index (χ4n) is 3.13. The summed E-state index contributed by atoms with van der Waals surface area (Å²) in [5, 5.41) is 7.05. The first kappa shape index (κ1) is 19.2. The van der Waals surface area contributed by atoms with Crippen LogP contribution in [0.25, 0.3) is 0 Å². The number of carbonyl (C=O) groups is 1. The van der Waals surface area contributed by atoms with Gasteiger partial charge in [-0.05, 0) is 25.6 Å². The monoisotopic (exact) mass is 343 g/mol. The molecule has 0 aliphatic rings. The van der Waals surface area contributed by atoms with E-state index in [1.165, 1.54) is 5.56 Å². The molecule has 0 fully saturated rings. The van der Waals surface area contributed by atoms with Gasteiger partial charge in [-0.3, -0.25) is 9.69 Å². The molecular formula is C20H29N3O2. The quantitative estimate of drug-likeness (QED) is 0.789. The van der Waals surface area contributed by atoms with Crippen LogP contribution in [0.5, 0.6) is 0 Å². The first-order valence-corrected chi connectivity index (χ1v) is 9.02. The molecule has 1 unspecified atom stereocenters. The van der Waals surface area contributed by atoms with Gasteiger partial charge in [-0.2, -0.15) is 0 Å². The zero-order valence-electron chi connectivity index (χ0n) is 15.9. The summed E-state index contributed by atoms with van der Waals surface area (Å²) in [5.41, 5.74) is 2.42. The lowest BCUT2D eigenvalue weighted by molar-refractivity contribution is 0.0932. The molecule has 0 saturated carbocycles. The Balaban J connectivity index is 2.18. The van der Waals surface area contributed by atoms with Gasteiger partial charge in [0.05, 0.1) is 11.7 Å². The number of amides is 1. The second-order valence-electron chi connectivity index (χ2n) is 6.52. The number of hydrogen-bond acceptors (Lipinski definition) is 4. The number of likely N-dealkylation sites (N-methyl/N-ethyl adjacent to an activating group) is 1. The van der Waals surface area contributed by atoms with Gasteiger partial charge in [0.25, 0.3) is 5.91 Å². The molecule has 1 aromatic carbocycles. The van der Waals surface area contributed by atoms with E-state index < -0.39 is 0 Å². The Morgan fingerprint density at radius 3 is 2.40 bits per heavy atom. The summed E-state index contributed by atoms with van der Waals surface area (Å²) in [6.45, 7) is 12.5. The van der Waals surface area contributed by atoms with E-state index in [9.17, 15) is 4.79 Å². The average molecular weight is 343 g/mol. The van der Waals surface area contributed by atoms with Gasteiger partial charge in [0, 0.05) is 12.5 Å². The highest BCUT2D eigenvalue weighted by Crippen LogP contribution is 2.23. The van der Waals surface area contributed by atoms with Crippen molar-refractivity contribution in [2.75, 3.05) is 19.6 Å². The molecule has 1 atom stereocenters. The minimum absolute atomic E-state index is 0.115. The molecule has 0 radical (unpaired) electrons. The summed E-state index contributed by atoms with van der Waals surface area (Å²) in [7, 11) is 0. The molecule has 5 nitrogen and oxygen atoms in total. The maximum absolute atomic E-state index is 12.8. The van der Waals surface area contributed by atoms with Crippen molar-refractivity contribution in [2.45, 2.75) is 46.6 Å². The lowest BCUT2D eigenvalue weighted by atomic mass is 10.0. The molecular weight excluding hydrogens is 314 g/mol. The number of nitrogens with one attached hydrogen (secondary N) is 1. The highest BCUT2D eigenvalue weighted by atomic mass is 16.5. The third kappa shape index (κ3) is 4.48. The third-order valence-corrected chi connectivity index (χ3v) is 4.53. The molecule has 1 aromatic heterocycles. The second-order valence-corrected chi connectivity index (χ2v) is 6.52. The van der Waals surface area contributed by atoms with E-state index in [1.54, 1.807) is 0 Å². The number of aryl methyl sites for hydroxylation is 1. The molecule has 2 aromatic rings. The normalized spacial score (nSPS) is 12.6. The fourth-order valence-corrected chi connectivity index (χ4v) is 3.13. The van der Waals surface area contributed by atoms with Gasteiger partial charge >= 0.3 is 0 Å². The topological polar surface area (TPSA) is 58.4 Å².